The summed E-state index contributed by atoms with van der Waals surface area (Å²) in [4.78, 5) is 87.9. The molecule has 4 N–H and O–H groups in total. The van der Waals surface area contributed by atoms with Gasteiger partial charge in [0, 0.05) is 111 Å². The number of amides is 5. The zero-order valence-electron chi connectivity index (χ0n) is 40.3. The SMILES string of the molecule is CC(C)(C)OC(=O)N1CCCN(C(=O)OC(C)(C)C)CCN(Cc2ccc(CN3CCCN(C(=O)O)CCN(C(=O)O)CCCN(C(=O)O)CC3)cc2)CCCN(CCCCC(=O)O)CC1. The molecule has 0 bridgehead atoms. The summed E-state index contributed by atoms with van der Waals surface area (Å²) in [6, 6.07) is 8.24. The number of hydrogen-bond donors (Lipinski definition) is 4. The number of carbonyl (C=O) groups is 6. The molecule has 1 aromatic carbocycles. The van der Waals surface area contributed by atoms with E-state index in [4.69, 9.17) is 9.47 Å². The summed E-state index contributed by atoms with van der Waals surface area (Å²) in [6.07, 6.45) is -0.799. The van der Waals surface area contributed by atoms with Gasteiger partial charge in [0.1, 0.15) is 11.2 Å². The van der Waals surface area contributed by atoms with E-state index in [9.17, 15) is 49.2 Å². The quantitative estimate of drug-likeness (QED) is 0.213. The maximum absolute atomic E-state index is 13.6. The number of hydrogen-bond acceptors (Lipinski definition) is 11. The van der Waals surface area contributed by atoms with Crippen molar-refractivity contribution in [3.05, 3.63) is 35.4 Å². The van der Waals surface area contributed by atoms with Gasteiger partial charge in [0.25, 0.3) is 0 Å². The molecule has 0 atom stereocenters. The molecule has 2 aliphatic heterocycles. The van der Waals surface area contributed by atoms with Crippen LogP contribution in [0.2, 0.25) is 0 Å². The van der Waals surface area contributed by atoms with E-state index < -0.39 is 47.6 Å². The minimum absolute atomic E-state index is 0.00490. The summed E-state index contributed by atoms with van der Waals surface area (Å²) in [5.41, 5.74) is 0.690. The van der Waals surface area contributed by atoms with Gasteiger partial charge in [0.2, 0.25) is 0 Å². The molecule has 2 heterocycles. The van der Waals surface area contributed by atoms with E-state index in [1.807, 2.05) is 53.7 Å². The molecule has 2 aliphatic rings. The molecule has 0 spiro atoms. The number of carbonyl (C=O) groups excluding carboxylic acids is 2. The summed E-state index contributed by atoms with van der Waals surface area (Å²) in [5, 5.41) is 38.6. The Morgan fingerprint density at radius 2 is 0.758 bits per heavy atom. The normalized spacial score (nSPS) is 18.5. The number of nitrogens with zero attached hydrogens (tertiary/aromatic N) is 8. The van der Waals surface area contributed by atoms with Gasteiger partial charge >= 0.3 is 36.4 Å². The van der Waals surface area contributed by atoms with Gasteiger partial charge in [-0.3, -0.25) is 14.6 Å². The summed E-state index contributed by atoms with van der Waals surface area (Å²) >= 11 is 0. The van der Waals surface area contributed by atoms with Gasteiger partial charge in [-0.2, -0.15) is 0 Å². The van der Waals surface area contributed by atoms with Crippen LogP contribution in [0.3, 0.4) is 0 Å². The van der Waals surface area contributed by atoms with Crippen molar-refractivity contribution in [3.63, 3.8) is 0 Å². The lowest BCUT2D eigenvalue weighted by Crippen LogP contribution is -2.46. The van der Waals surface area contributed by atoms with Crippen LogP contribution in [0.25, 0.3) is 0 Å². The fourth-order valence-corrected chi connectivity index (χ4v) is 7.84. The minimum Gasteiger partial charge on any atom is -0.481 e. The standard InChI is InChI=1S/C46H78N8O12/c1-45(2,3)65-43(63)53-25-12-26-54(44(64)66-46(4,5)6)32-29-48(20-9-19-47(27-31-53)18-8-7-13-39(55)56)35-37-14-16-38(17-15-37)36-49-21-10-22-51(41(59)60)33-34-52(42(61)62)24-11-23-50(30-28-49)40(57)58/h14-17H,7-13,18-36H2,1-6H3,(H,55,56)(H,57,58)(H,59,60)(H,61,62). The third-order valence-electron chi connectivity index (χ3n) is 11.3. The van der Waals surface area contributed by atoms with Crippen molar-refractivity contribution in [1.82, 2.24) is 39.2 Å². The monoisotopic (exact) mass is 935 g/mol. The van der Waals surface area contributed by atoms with Crippen molar-refractivity contribution in [2.45, 2.75) is 111 Å². The van der Waals surface area contributed by atoms with Crippen molar-refractivity contribution in [3.8, 4) is 0 Å². The Morgan fingerprint density at radius 3 is 1.14 bits per heavy atom. The number of ether oxygens (including phenoxy) is 2. The average Bonchev–Trinajstić information content (AvgIpc) is 3.21. The van der Waals surface area contributed by atoms with Crippen LogP contribution < -0.4 is 0 Å². The molecule has 20 heteroatoms. The maximum Gasteiger partial charge on any atom is 0.410 e. The Bertz CT molecular complexity index is 1690. The van der Waals surface area contributed by atoms with E-state index in [0.29, 0.717) is 104 Å². The number of unbranched alkanes of at least 4 members (excludes halogenated alkanes) is 1. The molecule has 66 heavy (non-hydrogen) atoms. The summed E-state index contributed by atoms with van der Waals surface area (Å²) in [6.45, 7) is 18.5. The zero-order valence-corrected chi connectivity index (χ0v) is 40.3. The Labute approximate surface area is 390 Å². The van der Waals surface area contributed by atoms with Gasteiger partial charge in [0.05, 0.1) is 0 Å². The lowest BCUT2D eigenvalue weighted by atomic mass is 10.1. The predicted octanol–water partition coefficient (Wildman–Crippen LogP) is 5.85. The lowest BCUT2D eigenvalue weighted by Gasteiger charge is -2.33. The molecular formula is C46H78N8O12. The largest absolute Gasteiger partial charge is 0.481 e. The molecule has 0 unspecified atom stereocenters. The van der Waals surface area contributed by atoms with Crippen LogP contribution in [-0.2, 0) is 27.4 Å². The second kappa shape index (κ2) is 27.5. The van der Waals surface area contributed by atoms with Gasteiger partial charge in [-0.05, 0) is 111 Å². The molecule has 374 valence electrons. The van der Waals surface area contributed by atoms with Gasteiger partial charge in [-0.1, -0.05) is 24.3 Å². The first kappa shape index (κ1) is 55.2. The van der Waals surface area contributed by atoms with Gasteiger partial charge in [-0.25, -0.2) is 24.0 Å². The van der Waals surface area contributed by atoms with E-state index in [0.717, 1.165) is 29.0 Å². The van der Waals surface area contributed by atoms with Gasteiger partial charge < -0.3 is 59.3 Å². The Kier molecular flexibility index (Phi) is 23.0. The fourth-order valence-electron chi connectivity index (χ4n) is 7.84. The zero-order chi connectivity index (χ0) is 48.9. The Hall–Kier alpha value is -5.08. The van der Waals surface area contributed by atoms with Gasteiger partial charge in [-0.15, -0.1) is 0 Å². The first-order valence-electron chi connectivity index (χ1n) is 23.4. The molecule has 3 rings (SSSR count). The van der Waals surface area contributed by atoms with Crippen LogP contribution in [0.1, 0.15) is 97.6 Å². The molecule has 5 amide bonds. The Balaban J connectivity index is 1.80. The molecule has 0 aromatic heterocycles. The van der Waals surface area contributed by atoms with E-state index in [-0.39, 0.29) is 52.1 Å². The smallest absolute Gasteiger partial charge is 0.410 e. The third kappa shape index (κ3) is 22.4. The van der Waals surface area contributed by atoms with E-state index in [1.54, 1.807) is 9.80 Å². The number of carboxylic acids is 1. The highest BCUT2D eigenvalue weighted by Gasteiger charge is 2.27. The summed E-state index contributed by atoms with van der Waals surface area (Å²) < 4.78 is 11.6. The predicted molar refractivity (Wildman–Crippen MR) is 248 cm³/mol. The highest BCUT2D eigenvalue weighted by molar-refractivity contribution is 5.69. The molecule has 0 radical (unpaired) electrons. The molecule has 1 aromatic rings. The number of benzene rings is 1. The minimum atomic E-state index is -1.18. The molecule has 2 fully saturated rings. The summed E-state index contributed by atoms with van der Waals surface area (Å²) in [5.74, 6) is -0.824. The second-order valence-corrected chi connectivity index (χ2v) is 19.2. The van der Waals surface area contributed by atoms with Crippen LogP contribution in [0.15, 0.2) is 24.3 Å². The highest BCUT2D eigenvalue weighted by Crippen LogP contribution is 2.17. The topological polar surface area (TPSA) is 228 Å². The number of rotatable bonds is 9. The number of aliphatic carboxylic acids is 1. The molecule has 0 saturated carbocycles. The fraction of sp³-hybridized carbons (Fsp3) is 0.739. The maximum atomic E-state index is 13.6. The Morgan fingerprint density at radius 1 is 0.439 bits per heavy atom. The molecule has 20 nitrogen and oxygen atoms in total. The first-order valence-corrected chi connectivity index (χ1v) is 23.4. The third-order valence-corrected chi connectivity index (χ3v) is 11.3. The van der Waals surface area contributed by atoms with Crippen molar-refractivity contribution in [1.29, 1.82) is 0 Å². The molecule has 0 aliphatic carbocycles. The first-order chi connectivity index (χ1) is 31.1. The molecular weight excluding hydrogens is 857 g/mol. The van der Waals surface area contributed by atoms with Crippen molar-refractivity contribution in [2.75, 3.05) is 111 Å². The second-order valence-electron chi connectivity index (χ2n) is 19.2. The van der Waals surface area contributed by atoms with Crippen molar-refractivity contribution >= 4 is 36.4 Å². The van der Waals surface area contributed by atoms with Gasteiger partial charge in [0.15, 0.2) is 0 Å². The van der Waals surface area contributed by atoms with Crippen LogP contribution in [0.5, 0.6) is 0 Å². The van der Waals surface area contributed by atoms with E-state index >= 15 is 0 Å². The van der Waals surface area contributed by atoms with Crippen LogP contribution in [-0.4, -0.2) is 219 Å². The molecule has 2 saturated heterocycles. The van der Waals surface area contributed by atoms with E-state index in [2.05, 4.69) is 26.8 Å². The summed E-state index contributed by atoms with van der Waals surface area (Å²) in [7, 11) is 0. The highest BCUT2D eigenvalue weighted by atomic mass is 16.6. The number of carboxylic acid groups (broad SMARTS) is 4. The van der Waals surface area contributed by atoms with Crippen LogP contribution >= 0.6 is 0 Å². The van der Waals surface area contributed by atoms with Crippen molar-refractivity contribution < 1.29 is 58.7 Å². The lowest BCUT2D eigenvalue weighted by molar-refractivity contribution is -0.137. The van der Waals surface area contributed by atoms with E-state index in [1.165, 1.54) is 9.80 Å². The average molecular weight is 935 g/mol. The van der Waals surface area contributed by atoms with Crippen molar-refractivity contribution in [2.24, 2.45) is 0 Å². The van der Waals surface area contributed by atoms with Crippen LogP contribution in [0, 0.1) is 0 Å². The van der Waals surface area contributed by atoms with Crippen LogP contribution in [0.4, 0.5) is 24.0 Å².